The zero-order valence-electron chi connectivity index (χ0n) is 11.3. The summed E-state index contributed by atoms with van der Waals surface area (Å²) in [4.78, 5) is 13.8. The van der Waals surface area contributed by atoms with Crippen LogP contribution in [0.15, 0.2) is 33.6 Å². The van der Waals surface area contributed by atoms with Crippen LogP contribution in [0.4, 0.5) is 0 Å². The molecule has 0 radical (unpaired) electrons. The van der Waals surface area contributed by atoms with Crippen LogP contribution in [0.1, 0.15) is 20.8 Å². The molecule has 0 spiro atoms. The lowest BCUT2D eigenvalue weighted by Gasteiger charge is -2.22. The third-order valence-electron chi connectivity index (χ3n) is 3.01. The quantitative estimate of drug-likeness (QED) is 0.822. The van der Waals surface area contributed by atoms with Gasteiger partial charge in [0.2, 0.25) is 5.91 Å². The molecule has 0 saturated carbocycles. The third kappa shape index (κ3) is 3.57. The lowest BCUT2D eigenvalue weighted by molar-refractivity contribution is -0.130. The van der Waals surface area contributed by atoms with Crippen molar-refractivity contribution in [2.45, 2.75) is 30.9 Å². The van der Waals surface area contributed by atoms with E-state index in [-0.39, 0.29) is 10.8 Å². The maximum absolute atomic E-state index is 12.4. The molecule has 1 atom stereocenters. The molecule has 0 aliphatic heterocycles. The molecule has 0 aliphatic carbocycles. The van der Waals surface area contributed by atoms with Crippen LogP contribution in [-0.2, 0) is 14.6 Å². The first-order valence-corrected chi connectivity index (χ1v) is 8.46. The smallest absolute Gasteiger partial charge is 0.240 e. The van der Waals surface area contributed by atoms with Gasteiger partial charge in [-0.25, -0.2) is 8.42 Å². The highest BCUT2D eigenvalue weighted by atomic mass is 79.9. The molecular weight excluding hydrogens is 330 g/mol. The van der Waals surface area contributed by atoms with Crippen LogP contribution in [0.2, 0.25) is 0 Å². The monoisotopic (exact) mass is 347 g/mol. The Morgan fingerprint density at radius 2 is 1.89 bits per heavy atom. The van der Waals surface area contributed by atoms with E-state index in [4.69, 9.17) is 0 Å². The first kappa shape index (κ1) is 16.2. The fourth-order valence-corrected chi connectivity index (χ4v) is 3.71. The van der Waals surface area contributed by atoms with Crippen LogP contribution in [0.25, 0.3) is 0 Å². The molecule has 0 saturated heterocycles. The zero-order chi connectivity index (χ0) is 14.6. The van der Waals surface area contributed by atoms with Gasteiger partial charge in [0.25, 0.3) is 0 Å². The summed E-state index contributed by atoms with van der Waals surface area (Å²) >= 11 is 3.24. The van der Waals surface area contributed by atoms with E-state index >= 15 is 0 Å². The number of halogens is 1. The molecule has 6 heteroatoms. The summed E-state index contributed by atoms with van der Waals surface area (Å²) in [6.07, 6.45) is 0. The summed E-state index contributed by atoms with van der Waals surface area (Å²) in [6, 6.07) is 6.41. The molecule has 0 N–H and O–H groups in total. The fraction of sp³-hybridized carbons (Fsp3) is 0.462. The Labute approximate surface area is 122 Å². The van der Waals surface area contributed by atoms with Crippen molar-refractivity contribution >= 4 is 31.7 Å². The van der Waals surface area contributed by atoms with E-state index < -0.39 is 15.1 Å². The highest BCUT2D eigenvalue weighted by Crippen LogP contribution is 2.21. The zero-order valence-corrected chi connectivity index (χ0v) is 13.7. The number of hydrogen-bond donors (Lipinski definition) is 0. The molecule has 4 nitrogen and oxygen atoms in total. The molecule has 0 heterocycles. The normalized spacial score (nSPS) is 13.1. The minimum Gasteiger partial charge on any atom is -0.342 e. The van der Waals surface area contributed by atoms with Gasteiger partial charge < -0.3 is 4.90 Å². The molecule has 1 aromatic carbocycles. The first-order valence-electron chi connectivity index (χ1n) is 6.12. The summed E-state index contributed by atoms with van der Waals surface area (Å²) in [5.41, 5.74) is 0. The summed E-state index contributed by atoms with van der Waals surface area (Å²) in [5.74, 6) is -0.357. The number of hydrogen-bond acceptors (Lipinski definition) is 3. The van der Waals surface area contributed by atoms with E-state index in [2.05, 4.69) is 15.9 Å². The van der Waals surface area contributed by atoms with Crippen LogP contribution in [0.5, 0.6) is 0 Å². The Morgan fingerprint density at radius 1 is 1.32 bits per heavy atom. The maximum Gasteiger partial charge on any atom is 0.240 e. The van der Waals surface area contributed by atoms with Gasteiger partial charge in [0.15, 0.2) is 9.84 Å². The molecular formula is C13H18BrNO3S. The van der Waals surface area contributed by atoms with Gasteiger partial charge in [0.1, 0.15) is 5.25 Å². The van der Waals surface area contributed by atoms with Crippen molar-refractivity contribution in [2.24, 2.45) is 0 Å². The van der Waals surface area contributed by atoms with E-state index in [1.54, 1.807) is 12.1 Å². The van der Waals surface area contributed by atoms with Crippen molar-refractivity contribution in [3.05, 3.63) is 28.7 Å². The van der Waals surface area contributed by atoms with Gasteiger partial charge in [-0.15, -0.1) is 0 Å². The number of rotatable bonds is 5. The average molecular weight is 348 g/mol. The van der Waals surface area contributed by atoms with Gasteiger partial charge in [-0.1, -0.05) is 22.0 Å². The Morgan fingerprint density at radius 3 is 2.37 bits per heavy atom. The van der Waals surface area contributed by atoms with Crippen LogP contribution in [0, 0.1) is 0 Å². The Hall–Kier alpha value is -0.880. The van der Waals surface area contributed by atoms with Gasteiger partial charge in [0, 0.05) is 17.6 Å². The topological polar surface area (TPSA) is 54.5 Å². The van der Waals surface area contributed by atoms with Crippen molar-refractivity contribution in [3.63, 3.8) is 0 Å². The van der Waals surface area contributed by atoms with Crippen LogP contribution in [0.3, 0.4) is 0 Å². The summed E-state index contributed by atoms with van der Waals surface area (Å²) < 4.78 is 25.5. The molecule has 106 valence electrons. The number of amides is 1. The van der Waals surface area contributed by atoms with Gasteiger partial charge in [-0.05, 0) is 39.0 Å². The van der Waals surface area contributed by atoms with Crippen LogP contribution >= 0.6 is 15.9 Å². The van der Waals surface area contributed by atoms with Gasteiger partial charge >= 0.3 is 0 Å². The Bertz CT molecular complexity index is 553. The third-order valence-corrected chi connectivity index (χ3v) is 5.55. The molecule has 19 heavy (non-hydrogen) atoms. The Balaban J connectivity index is 3.10. The van der Waals surface area contributed by atoms with Gasteiger partial charge in [0.05, 0.1) is 4.90 Å². The highest BCUT2D eigenvalue weighted by Gasteiger charge is 2.32. The average Bonchev–Trinajstić information content (AvgIpc) is 2.39. The SMILES string of the molecule is CCN(CC)C(=O)[C@@H](C)S(=O)(=O)c1cccc(Br)c1. The first-order chi connectivity index (χ1) is 8.84. The van der Waals surface area contributed by atoms with Crippen LogP contribution in [-0.4, -0.2) is 37.6 Å². The molecule has 0 unspecified atom stereocenters. The minimum atomic E-state index is -3.65. The van der Waals surface area contributed by atoms with E-state index in [0.29, 0.717) is 17.6 Å². The molecule has 1 rings (SSSR count). The molecule has 1 aromatic rings. The summed E-state index contributed by atoms with van der Waals surface area (Å²) in [5, 5.41) is -1.07. The van der Waals surface area contributed by atoms with E-state index in [0.717, 1.165) is 0 Å². The number of sulfone groups is 1. The highest BCUT2D eigenvalue weighted by molar-refractivity contribution is 9.10. The molecule has 0 aliphatic rings. The van der Waals surface area contributed by atoms with Crippen molar-refractivity contribution < 1.29 is 13.2 Å². The summed E-state index contributed by atoms with van der Waals surface area (Å²) in [7, 11) is -3.65. The largest absolute Gasteiger partial charge is 0.342 e. The maximum atomic E-state index is 12.4. The number of benzene rings is 1. The minimum absolute atomic E-state index is 0.162. The van der Waals surface area contributed by atoms with E-state index in [9.17, 15) is 13.2 Å². The molecule has 0 fully saturated rings. The second-order valence-electron chi connectivity index (χ2n) is 4.16. The molecule has 1 amide bonds. The predicted octanol–water partition coefficient (Wildman–Crippen LogP) is 2.48. The second-order valence-corrected chi connectivity index (χ2v) is 7.34. The number of carbonyl (C=O) groups is 1. The molecule has 0 aromatic heterocycles. The Kier molecular flexibility index (Phi) is 5.55. The lowest BCUT2D eigenvalue weighted by Crippen LogP contribution is -2.41. The standard InChI is InChI=1S/C13H18BrNO3S/c1-4-15(5-2)13(16)10(3)19(17,18)12-8-6-7-11(14)9-12/h6-10H,4-5H2,1-3H3/t10-/m1/s1. The second kappa shape index (κ2) is 6.52. The van der Waals surface area contributed by atoms with E-state index in [1.807, 2.05) is 13.8 Å². The molecule has 0 bridgehead atoms. The van der Waals surface area contributed by atoms with Crippen molar-refractivity contribution in [2.75, 3.05) is 13.1 Å². The fourth-order valence-electron chi connectivity index (χ4n) is 1.77. The lowest BCUT2D eigenvalue weighted by atomic mass is 10.4. The number of nitrogens with zero attached hydrogens (tertiary/aromatic N) is 1. The van der Waals surface area contributed by atoms with Crippen molar-refractivity contribution in [1.82, 2.24) is 4.90 Å². The number of carbonyl (C=O) groups excluding carboxylic acids is 1. The predicted molar refractivity (Wildman–Crippen MR) is 78.7 cm³/mol. The van der Waals surface area contributed by atoms with Crippen molar-refractivity contribution in [1.29, 1.82) is 0 Å². The summed E-state index contributed by atoms with van der Waals surface area (Å²) in [6.45, 7) is 6.12. The van der Waals surface area contributed by atoms with Gasteiger partial charge in [-0.3, -0.25) is 4.79 Å². The van der Waals surface area contributed by atoms with Crippen molar-refractivity contribution in [3.8, 4) is 0 Å². The van der Waals surface area contributed by atoms with Gasteiger partial charge in [-0.2, -0.15) is 0 Å². The van der Waals surface area contributed by atoms with E-state index in [1.165, 1.54) is 24.0 Å². The van der Waals surface area contributed by atoms with Crippen LogP contribution < -0.4 is 0 Å².